The number of carbonyl (C=O) groups is 1. The molecule has 0 bridgehead atoms. The minimum absolute atomic E-state index is 0.0371. The van der Waals surface area contributed by atoms with Crippen LogP contribution in [0, 0.1) is 12.8 Å². The van der Waals surface area contributed by atoms with E-state index in [9.17, 15) is 4.79 Å². The maximum Gasteiger partial charge on any atom is 0.315 e. The van der Waals surface area contributed by atoms with E-state index in [-0.39, 0.29) is 12.1 Å². The van der Waals surface area contributed by atoms with Crippen LogP contribution in [0.3, 0.4) is 0 Å². The zero-order chi connectivity index (χ0) is 13.7. The molecule has 2 atom stereocenters. The number of amides is 2. The number of urea groups is 1. The second-order valence-electron chi connectivity index (χ2n) is 5.05. The van der Waals surface area contributed by atoms with Gasteiger partial charge in [0.15, 0.2) is 0 Å². The van der Waals surface area contributed by atoms with Gasteiger partial charge in [0, 0.05) is 17.6 Å². The van der Waals surface area contributed by atoms with Crippen molar-refractivity contribution in [3.8, 4) is 0 Å². The predicted molar refractivity (Wildman–Crippen MR) is 78.3 cm³/mol. The first-order chi connectivity index (χ1) is 9.15. The number of nitrogens with zero attached hydrogens (tertiary/aromatic N) is 1. The zero-order valence-corrected chi connectivity index (χ0v) is 12.3. The molecule has 0 radical (unpaired) electrons. The average molecular weight is 279 g/mol. The van der Waals surface area contributed by atoms with Crippen molar-refractivity contribution in [3.05, 3.63) is 28.2 Å². The van der Waals surface area contributed by atoms with Crippen molar-refractivity contribution in [1.29, 1.82) is 0 Å². The number of nitrogens with one attached hydrogen (secondary N) is 2. The van der Waals surface area contributed by atoms with Gasteiger partial charge in [-0.2, -0.15) is 0 Å². The SMILES string of the molecule is Cc1csc([C@@H](C)NC(=O)NC[C@H]2CC=CCC2)n1. The fourth-order valence-electron chi connectivity index (χ4n) is 2.16. The van der Waals surface area contributed by atoms with E-state index < -0.39 is 0 Å². The number of thiazole rings is 1. The highest BCUT2D eigenvalue weighted by Gasteiger charge is 2.14. The van der Waals surface area contributed by atoms with Gasteiger partial charge in [0.2, 0.25) is 0 Å². The van der Waals surface area contributed by atoms with Crippen molar-refractivity contribution in [3.63, 3.8) is 0 Å². The van der Waals surface area contributed by atoms with E-state index in [1.165, 1.54) is 0 Å². The Labute approximate surface area is 118 Å². The van der Waals surface area contributed by atoms with Crippen LogP contribution < -0.4 is 10.6 Å². The van der Waals surface area contributed by atoms with Crippen LogP contribution in [0.25, 0.3) is 0 Å². The third kappa shape index (κ3) is 4.35. The topological polar surface area (TPSA) is 54.0 Å². The zero-order valence-electron chi connectivity index (χ0n) is 11.5. The molecule has 1 aromatic rings. The Morgan fingerprint density at radius 3 is 3.05 bits per heavy atom. The Morgan fingerprint density at radius 2 is 2.42 bits per heavy atom. The summed E-state index contributed by atoms with van der Waals surface area (Å²) in [6, 6.07) is -0.139. The Balaban J connectivity index is 1.73. The van der Waals surface area contributed by atoms with E-state index in [1.807, 2.05) is 19.2 Å². The summed E-state index contributed by atoms with van der Waals surface area (Å²) in [6.45, 7) is 4.67. The largest absolute Gasteiger partial charge is 0.338 e. The minimum atomic E-state index is -0.102. The number of carbonyl (C=O) groups excluding carboxylic acids is 1. The summed E-state index contributed by atoms with van der Waals surface area (Å²) in [7, 11) is 0. The highest BCUT2D eigenvalue weighted by molar-refractivity contribution is 7.09. The van der Waals surface area contributed by atoms with Gasteiger partial charge in [-0.05, 0) is 39.0 Å². The number of aromatic nitrogens is 1. The summed E-state index contributed by atoms with van der Waals surface area (Å²) in [6.07, 6.45) is 7.78. The molecule has 5 heteroatoms. The van der Waals surface area contributed by atoms with E-state index in [1.54, 1.807) is 11.3 Å². The number of hydrogen-bond acceptors (Lipinski definition) is 3. The van der Waals surface area contributed by atoms with Crippen molar-refractivity contribution in [2.24, 2.45) is 5.92 Å². The van der Waals surface area contributed by atoms with Gasteiger partial charge in [0.05, 0.1) is 6.04 Å². The second-order valence-corrected chi connectivity index (χ2v) is 5.94. The molecule has 1 aliphatic rings. The molecule has 0 unspecified atom stereocenters. The molecule has 0 saturated heterocycles. The molecule has 0 fully saturated rings. The highest BCUT2D eigenvalue weighted by Crippen LogP contribution is 2.18. The van der Waals surface area contributed by atoms with Crippen molar-refractivity contribution in [2.75, 3.05) is 6.54 Å². The maximum absolute atomic E-state index is 11.8. The van der Waals surface area contributed by atoms with Crippen molar-refractivity contribution in [1.82, 2.24) is 15.6 Å². The number of aryl methyl sites for hydroxylation is 1. The summed E-state index contributed by atoms with van der Waals surface area (Å²) < 4.78 is 0. The Morgan fingerprint density at radius 1 is 1.58 bits per heavy atom. The fraction of sp³-hybridized carbons (Fsp3) is 0.571. The molecule has 19 heavy (non-hydrogen) atoms. The molecule has 0 saturated carbocycles. The van der Waals surface area contributed by atoms with E-state index in [4.69, 9.17) is 0 Å². The summed E-state index contributed by atoms with van der Waals surface area (Å²) in [4.78, 5) is 16.2. The molecule has 0 aliphatic heterocycles. The lowest BCUT2D eigenvalue weighted by molar-refractivity contribution is 0.235. The summed E-state index contributed by atoms with van der Waals surface area (Å²) in [5.41, 5.74) is 1.00. The lowest BCUT2D eigenvalue weighted by atomic mass is 9.94. The van der Waals surface area contributed by atoms with Crippen LogP contribution in [-0.2, 0) is 0 Å². The Bertz CT molecular complexity index is 455. The van der Waals surface area contributed by atoms with Crippen LogP contribution in [0.2, 0.25) is 0 Å². The molecular weight excluding hydrogens is 258 g/mol. The molecule has 0 spiro atoms. The van der Waals surface area contributed by atoms with Gasteiger partial charge in [0.1, 0.15) is 5.01 Å². The smallest absolute Gasteiger partial charge is 0.315 e. The van der Waals surface area contributed by atoms with Gasteiger partial charge in [-0.1, -0.05) is 12.2 Å². The van der Waals surface area contributed by atoms with Gasteiger partial charge in [-0.3, -0.25) is 0 Å². The molecule has 104 valence electrons. The summed E-state index contributed by atoms with van der Waals surface area (Å²) in [5.74, 6) is 0.577. The van der Waals surface area contributed by atoms with E-state index in [2.05, 4.69) is 27.8 Å². The van der Waals surface area contributed by atoms with Crippen LogP contribution in [-0.4, -0.2) is 17.6 Å². The van der Waals surface area contributed by atoms with Crippen molar-refractivity contribution in [2.45, 2.75) is 39.2 Å². The maximum atomic E-state index is 11.8. The first kappa shape index (κ1) is 14.1. The van der Waals surface area contributed by atoms with Crippen LogP contribution in [0.1, 0.15) is 42.9 Å². The van der Waals surface area contributed by atoms with E-state index in [0.717, 1.165) is 36.5 Å². The molecular formula is C14H21N3OS. The average Bonchev–Trinajstić information content (AvgIpc) is 2.84. The molecule has 2 amide bonds. The Hall–Kier alpha value is -1.36. The van der Waals surface area contributed by atoms with Gasteiger partial charge in [0.25, 0.3) is 0 Å². The van der Waals surface area contributed by atoms with Gasteiger partial charge < -0.3 is 10.6 Å². The highest BCUT2D eigenvalue weighted by atomic mass is 32.1. The van der Waals surface area contributed by atoms with E-state index in [0.29, 0.717) is 5.92 Å². The predicted octanol–water partition coefficient (Wildman–Crippen LogP) is 3.17. The van der Waals surface area contributed by atoms with Crippen LogP contribution in [0.5, 0.6) is 0 Å². The van der Waals surface area contributed by atoms with Gasteiger partial charge in [-0.15, -0.1) is 11.3 Å². The minimum Gasteiger partial charge on any atom is -0.338 e. The third-order valence-electron chi connectivity index (χ3n) is 3.28. The first-order valence-electron chi connectivity index (χ1n) is 6.76. The fourth-order valence-corrected chi connectivity index (χ4v) is 2.96. The molecule has 1 aromatic heterocycles. The van der Waals surface area contributed by atoms with Crippen LogP contribution in [0.4, 0.5) is 4.79 Å². The van der Waals surface area contributed by atoms with Gasteiger partial charge >= 0.3 is 6.03 Å². The molecule has 2 rings (SSSR count). The van der Waals surface area contributed by atoms with Gasteiger partial charge in [-0.25, -0.2) is 9.78 Å². The normalized spacial score (nSPS) is 20.0. The number of rotatable bonds is 4. The molecule has 4 nitrogen and oxygen atoms in total. The van der Waals surface area contributed by atoms with Crippen LogP contribution >= 0.6 is 11.3 Å². The van der Waals surface area contributed by atoms with Crippen LogP contribution in [0.15, 0.2) is 17.5 Å². The van der Waals surface area contributed by atoms with E-state index >= 15 is 0 Å². The van der Waals surface area contributed by atoms with Crippen molar-refractivity contribution >= 4 is 17.4 Å². The number of allylic oxidation sites excluding steroid dienone is 2. The monoisotopic (exact) mass is 279 g/mol. The molecule has 1 aliphatic carbocycles. The quantitative estimate of drug-likeness (QED) is 0.832. The summed E-state index contributed by atoms with van der Waals surface area (Å²) >= 11 is 1.58. The van der Waals surface area contributed by atoms with Crippen molar-refractivity contribution < 1.29 is 4.79 Å². The molecule has 0 aromatic carbocycles. The second kappa shape index (κ2) is 6.70. The molecule has 1 heterocycles. The third-order valence-corrected chi connectivity index (χ3v) is 4.43. The number of hydrogen-bond donors (Lipinski definition) is 2. The standard InChI is InChI=1S/C14H21N3OS/c1-10-9-19-13(16-10)11(2)17-14(18)15-8-12-6-4-3-5-7-12/h3-4,9,11-12H,5-8H2,1-2H3,(H2,15,17,18)/t11-,12+/m1/s1. The lowest BCUT2D eigenvalue weighted by Crippen LogP contribution is -2.39. The lowest BCUT2D eigenvalue weighted by Gasteiger charge is -2.19. The molecule has 2 N–H and O–H groups in total. The Kier molecular flexibility index (Phi) is 4.96. The first-order valence-corrected chi connectivity index (χ1v) is 7.64. The summed E-state index contributed by atoms with van der Waals surface area (Å²) in [5, 5.41) is 8.83.